The van der Waals surface area contributed by atoms with Crippen LogP contribution < -0.4 is 20.8 Å². The summed E-state index contributed by atoms with van der Waals surface area (Å²) in [6.07, 6.45) is 0. The maximum atomic E-state index is 12.2. The Morgan fingerprint density at radius 3 is 2.42 bits per heavy atom. The molecular weight excluding hydrogens is 244 g/mol. The lowest BCUT2D eigenvalue weighted by Crippen LogP contribution is -2.25. The first kappa shape index (κ1) is 13.4. The molecular formula is C14H18N2O3. The fourth-order valence-corrected chi connectivity index (χ4v) is 2.20. The number of ether oxygens (including phenoxy) is 2. The first-order chi connectivity index (χ1) is 8.99. The minimum atomic E-state index is -0.319. The van der Waals surface area contributed by atoms with Crippen molar-refractivity contribution in [2.24, 2.45) is 12.8 Å². The smallest absolute Gasteiger partial charge is 0.255 e. The van der Waals surface area contributed by atoms with Crippen LogP contribution in [-0.4, -0.2) is 18.8 Å². The molecule has 0 aliphatic heterocycles. The van der Waals surface area contributed by atoms with E-state index in [4.69, 9.17) is 15.2 Å². The number of aryl methyl sites for hydroxylation is 1. The van der Waals surface area contributed by atoms with Crippen LogP contribution in [0.25, 0.3) is 10.9 Å². The Bertz CT molecular complexity index is 674. The second kappa shape index (κ2) is 4.93. The van der Waals surface area contributed by atoms with Crippen LogP contribution in [0.2, 0.25) is 0 Å². The van der Waals surface area contributed by atoms with Crippen LogP contribution in [0.15, 0.2) is 23.0 Å². The Labute approximate surface area is 111 Å². The number of methoxy groups -OCH3 is 2. The molecule has 0 spiro atoms. The molecule has 5 nitrogen and oxygen atoms in total. The van der Waals surface area contributed by atoms with Crippen molar-refractivity contribution in [1.29, 1.82) is 0 Å². The minimum Gasteiger partial charge on any atom is -0.497 e. The SMILES string of the molecule is COc1cc(OC)c2c(c1)cc(C(C)N)c(=O)n2C. The van der Waals surface area contributed by atoms with Crippen molar-refractivity contribution in [3.05, 3.63) is 34.1 Å². The summed E-state index contributed by atoms with van der Waals surface area (Å²) in [6, 6.07) is 5.10. The summed E-state index contributed by atoms with van der Waals surface area (Å²) in [4.78, 5) is 12.2. The van der Waals surface area contributed by atoms with Crippen LogP contribution in [0, 0.1) is 0 Å². The van der Waals surface area contributed by atoms with Gasteiger partial charge in [-0.25, -0.2) is 0 Å². The molecule has 102 valence electrons. The Morgan fingerprint density at radius 2 is 1.89 bits per heavy atom. The van der Waals surface area contributed by atoms with E-state index in [9.17, 15) is 4.79 Å². The fraction of sp³-hybridized carbons (Fsp3) is 0.357. The quantitative estimate of drug-likeness (QED) is 0.912. The molecule has 2 rings (SSSR count). The van der Waals surface area contributed by atoms with Gasteiger partial charge in [-0.1, -0.05) is 0 Å². The van der Waals surface area contributed by atoms with Gasteiger partial charge in [0.1, 0.15) is 11.5 Å². The summed E-state index contributed by atoms with van der Waals surface area (Å²) >= 11 is 0. The average Bonchev–Trinajstić information content (AvgIpc) is 2.40. The van der Waals surface area contributed by atoms with Gasteiger partial charge in [0.2, 0.25) is 0 Å². The van der Waals surface area contributed by atoms with E-state index in [-0.39, 0.29) is 11.6 Å². The molecule has 19 heavy (non-hydrogen) atoms. The summed E-state index contributed by atoms with van der Waals surface area (Å²) in [5.74, 6) is 1.28. The molecule has 5 heteroatoms. The summed E-state index contributed by atoms with van der Waals surface area (Å²) < 4.78 is 12.1. The molecule has 1 heterocycles. The van der Waals surface area contributed by atoms with Gasteiger partial charge in [0.15, 0.2) is 0 Å². The van der Waals surface area contributed by atoms with Crippen LogP contribution in [0.3, 0.4) is 0 Å². The van der Waals surface area contributed by atoms with Gasteiger partial charge >= 0.3 is 0 Å². The number of benzene rings is 1. The monoisotopic (exact) mass is 262 g/mol. The number of hydrogen-bond donors (Lipinski definition) is 1. The van der Waals surface area contributed by atoms with Gasteiger partial charge in [-0.2, -0.15) is 0 Å². The van der Waals surface area contributed by atoms with E-state index in [1.807, 2.05) is 6.07 Å². The van der Waals surface area contributed by atoms with Gasteiger partial charge in [0.05, 0.1) is 19.7 Å². The summed E-state index contributed by atoms with van der Waals surface area (Å²) in [5, 5.41) is 0.866. The topological polar surface area (TPSA) is 66.5 Å². The Balaban J connectivity index is 2.91. The maximum absolute atomic E-state index is 12.2. The third kappa shape index (κ3) is 2.17. The van der Waals surface area contributed by atoms with Crippen LogP contribution >= 0.6 is 0 Å². The molecule has 0 saturated carbocycles. The first-order valence-electron chi connectivity index (χ1n) is 6.00. The molecule has 2 aromatic rings. The molecule has 0 aliphatic carbocycles. The predicted molar refractivity (Wildman–Crippen MR) is 74.9 cm³/mol. The van der Waals surface area contributed by atoms with Crippen LogP contribution in [-0.2, 0) is 7.05 Å². The van der Waals surface area contributed by atoms with Crippen molar-refractivity contribution in [2.75, 3.05) is 14.2 Å². The minimum absolute atomic E-state index is 0.106. The summed E-state index contributed by atoms with van der Waals surface area (Å²) in [6.45, 7) is 1.79. The Kier molecular flexibility index (Phi) is 3.48. The number of aromatic nitrogens is 1. The molecule has 0 radical (unpaired) electrons. The highest BCUT2D eigenvalue weighted by atomic mass is 16.5. The zero-order valence-electron chi connectivity index (χ0n) is 11.6. The average molecular weight is 262 g/mol. The maximum Gasteiger partial charge on any atom is 0.255 e. The summed E-state index contributed by atoms with van der Waals surface area (Å²) in [5.41, 5.74) is 7.04. The standard InChI is InChI=1S/C14H18N2O3/c1-8(15)11-6-9-5-10(18-3)7-12(19-4)13(9)16(2)14(11)17/h5-8H,15H2,1-4H3. The normalized spacial score (nSPS) is 12.5. The van der Waals surface area contributed by atoms with Gasteiger partial charge in [0, 0.05) is 30.1 Å². The van der Waals surface area contributed by atoms with E-state index in [1.165, 1.54) is 0 Å². The van der Waals surface area contributed by atoms with Gasteiger partial charge in [-0.15, -0.1) is 0 Å². The second-order valence-electron chi connectivity index (χ2n) is 4.52. The molecule has 0 fully saturated rings. The van der Waals surface area contributed by atoms with Crippen LogP contribution in [0.5, 0.6) is 11.5 Å². The second-order valence-corrected chi connectivity index (χ2v) is 4.52. The largest absolute Gasteiger partial charge is 0.497 e. The molecule has 1 unspecified atom stereocenters. The molecule has 1 atom stereocenters. The van der Waals surface area contributed by atoms with Gasteiger partial charge in [-0.05, 0) is 19.1 Å². The lowest BCUT2D eigenvalue weighted by molar-refractivity contribution is 0.396. The van der Waals surface area contributed by atoms with Crippen molar-refractivity contribution in [1.82, 2.24) is 4.57 Å². The van der Waals surface area contributed by atoms with E-state index in [2.05, 4.69) is 0 Å². The molecule has 0 saturated heterocycles. The first-order valence-corrected chi connectivity index (χ1v) is 6.00. The number of nitrogens with two attached hydrogens (primary N) is 1. The lowest BCUT2D eigenvalue weighted by atomic mass is 10.1. The highest BCUT2D eigenvalue weighted by Gasteiger charge is 2.14. The zero-order valence-corrected chi connectivity index (χ0v) is 11.6. The highest BCUT2D eigenvalue weighted by molar-refractivity contribution is 5.87. The predicted octanol–water partition coefficient (Wildman–Crippen LogP) is 1.58. The fourth-order valence-electron chi connectivity index (χ4n) is 2.20. The third-order valence-electron chi connectivity index (χ3n) is 3.22. The molecule has 0 aliphatic rings. The number of hydrogen-bond acceptors (Lipinski definition) is 4. The molecule has 1 aromatic heterocycles. The molecule has 0 bridgehead atoms. The molecule has 0 amide bonds. The van der Waals surface area contributed by atoms with E-state index >= 15 is 0 Å². The number of fused-ring (bicyclic) bond motifs is 1. The lowest BCUT2D eigenvalue weighted by Gasteiger charge is -2.15. The van der Waals surface area contributed by atoms with E-state index < -0.39 is 0 Å². The van der Waals surface area contributed by atoms with Gasteiger partial charge < -0.3 is 19.8 Å². The van der Waals surface area contributed by atoms with Gasteiger partial charge in [-0.3, -0.25) is 4.79 Å². The van der Waals surface area contributed by atoms with E-state index in [0.717, 1.165) is 10.9 Å². The summed E-state index contributed by atoms with van der Waals surface area (Å²) in [7, 11) is 4.87. The van der Waals surface area contributed by atoms with Crippen molar-refractivity contribution < 1.29 is 9.47 Å². The van der Waals surface area contributed by atoms with Crippen molar-refractivity contribution in [2.45, 2.75) is 13.0 Å². The van der Waals surface area contributed by atoms with Crippen LogP contribution in [0.1, 0.15) is 18.5 Å². The van der Waals surface area contributed by atoms with E-state index in [0.29, 0.717) is 17.1 Å². The van der Waals surface area contributed by atoms with Gasteiger partial charge in [0.25, 0.3) is 5.56 Å². The molecule has 1 aromatic carbocycles. The van der Waals surface area contributed by atoms with Crippen molar-refractivity contribution >= 4 is 10.9 Å². The number of pyridine rings is 1. The Morgan fingerprint density at radius 1 is 1.21 bits per heavy atom. The van der Waals surface area contributed by atoms with Crippen molar-refractivity contribution in [3.8, 4) is 11.5 Å². The zero-order chi connectivity index (χ0) is 14.2. The number of rotatable bonds is 3. The number of nitrogens with zero attached hydrogens (tertiary/aromatic N) is 1. The van der Waals surface area contributed by atoms with Crippen LogP contribution in [0.4, 0.5) is 0 Å². The van der Waals surface area contributed by atoms with Crippen molar-refractivity contribution in [3.63, 3.8) is 0 Å². The Hall–Kier alpha value is -2.01. The molecule has 2 N–H and O–H groups in total. The third-order valence-corrected chi connectivity index (χ3v) is 3.22. The highest BCUT2D eigenvalue weighted by Crippen LogP contribution is 2.30. The van der Waals surface area contributed by atoms with E-state index in [1.54, 1.807) is 44.9 Å².